The van der Waals surface area contributed by atoms with E-state index in [-0.39, 0.29) is 24.4 Å². The topological polar surface area (TPSA) is 62.4 Å². The summed E-state index contributed by atoms with van der Waals surface area (Å²) in [4.78, 5) is 12.0. The molecular weight excluding hydrogens is 326 g/mol. The maximum Gasteiger partial charge on any atom is 0.226 e. The van der Waals surface area contributed by atoms with Crippen molar-refractivity contribution in [3.05, 3.63) is 54.6 Å². The lowest BCUT2D eigenvalue weighted by Gasteiger charge is -2.23. The molecule has 24 heavy (non-hydrogen) atoms. The number of benzene rings is 2. The van der Waals surface area contributed by atoms with E-state index in [1.807, 2.05) is 54.6 Å². The molecular formula is C18H22ClN3O2. The number of anilines is 3. The lowest BCUT2D eigenvalue weighted by molar-refractivity contribution is -0.117. The molecule has 1 aliphatic rings. The van der Waals surface area contributed by atoms with E-state index in [0.29, 0.717) is 19.6 Å². The Morgan fingerprint density at radius 2 is 1.71 bits per heavy atom. The summed E-state index contributed by atoms with van der Waals surface area (Å²) >= 11 is 0. The molecule has 0 bridgehead atoms. The third-order valence-electron chi connectivity index (χ3n) is 3.66. The molecule has 1 aliphatic heterocycles. The van der Waals surface area contributed by atoms with Crippen molar-refractivity contribution in [2.24, 2.45) is 0 Å². The molecule has 0 spiro atoms. The van der Waals surface area contributed by atoms with Crippen LogP contribution in [0.3, 0.4) is 0 Å². The molecule has 2 aromatic rings. The van der Waals surface area contributed by atoms with Gasteiger partial charge in [0.25, 0.3) is 0 Å². The van der Waals surface area contributed by atoms with Gasteiger partial charge in [0.1, 0.15) is 0 Å². The van der Waals surface area contributed by atoms with Gasteiger partial charge in [-0.3, -0.25) is 4.79 Å². The van der Waals surface area contributed by atoms with Crippen molar-refractivity contribution in [3.8, 4) is 0 Å². The van der Waals surface area contributed by atoms with Gasteiger partial charge in [-0.1, -0.05) is 18.2 Å². The number of hydrogen-bond donors (Lipinski definition) is 3. The van der Waals surface area contributed by atoms with Crippen molar-refractivity contribution in [3.63, 3.8) is 0 Å². The molecule has 0 saturated carbocycles. The van der Waals surface area contributed by atoms with Gasteiger partial charge in [-0.05, 0) is 36.4 Å². The summed E-state index contributed by atoms with van der Waals surface area (Å²) < 4.78 is 5.35. The number of rotatable bonds is 5. The molecule has 1 fully saturated rings. The van der Waals surface area contributed by atoms with Gasteiger partial charge in [-0.15, -0.1) is 12.4 Å². The van der Waals surface area contributed by atoms with E-state index in [1.165, 1.54) is 0 Å². The Hall–Kier alpha value is -2.08. The largest absolute Gasteiger partial charge is 0.378 e. The van der Waals surface area contributed by atoms with Gasteiger partial charge >= 0.3 is 0 Å². The minimum Gasteiger partial charge on any atom is -0.378 e. The molecule has 1 atom stereocenters. The maximum absolute atomic E-state index is 12.0. The van der Waals surface area contributed by atoms with Crippen LogP contribution in [-0.4, -0.2) is 31.7 Å². The van der Waals surface area contributed by atoms with E-state index >= 15 is 0 Å². The number of morpholine rings is 1. The zero-order valence-electron chi connectivity index (χ0n) is 13.3. The van der Waals surface area contributed by atoms with Crippen molar-refractivity contribution in [1.82, 2.24) is 5.32 Å². The smallest absolute Gasteiger partial charge is 0.226 e. The lowest BCUT2D eigenvalue weighted by atomic mass is 10.2. The summed E-state index contributed by atoms with van der Waals surface area (Å²) in [5.41, 5.74) is 2.81. The molecule has 128 valence electrons. The van der Waals surface area contributed by atoms with Crippen LogP contribution in [0.15, 0.2) is 54.6 Å². The molecule has 5 nitrogen and oxygen atoms in total. The SMILES string of the molecule is Cl.O=C(CC1COCCN1)Nc1ccc(Nc2ccccc2)cc1. The number of halogens is 1. The Morgan fingerprint density at radius 1 is 1.04 bits per heavy atom. The second kappa shape index (κ2) is 9.27. The number of ether oxygens (including phenoxy) is 1. The third-order valence-corrected chi connectivity index (χ3v) is 3.66. The second-order valence-corrected chi connectivity index (χ2v) is 5.55. The number of para-hydroxylation sites is 1. The Kier molecular flexibility index (Phi) is 7.06. The van der Waals surface area contributed by atoms with Crippen molar-refractivity contribution in [1.29, 1.82) is 0 Å². The van der Waals surface area contributed by atoms with Crippen LogP contribution in [0.25, 0.3) is 0 Å². The van der Waals surface area contributed by atoms with Crippen LogP contribution in [0.4, 0.5) is 17.1 Å². The third kappa shape index (κ3) is 5.53. The molecule has 0 radical (unpaired) electrons. The van der Waals surface area contributed by atoms with Crippen LogP contribution in [0.1, 0.15) is 6.42 Å². The highest BCUT2D eigenvalue weighted by atomic mass is 35.5. The first-order valence-corrected chi connectivity index (χ1v) is 7.83. The highest BCUT2D eigenvalue weighted by molar-refractivity contribution is 5.91. The van der Waals surface area contributed by atoms with Gasteiger partial charge < -0.3 is 20.7 Å². The monoisotopic (exact) mass is 347 g/mol. The van der Waals surface area contributed by atoms with Crippen molar-refractivity contribution in [2.75, 3.05) is 30.4 Å². The molecule has 6 heteroatoms. The highest BCUT2D eigenvalue weighted by Crippen LogP contribution is 2.18. The standard InChI is InChI=1S/C18H21N3O2.ClH/c22-18(12-17-13-23-11-10-19-17)21-16-8-6-15(7-9-16)20-14-4-2-1-3-5-14;/h1-9,17,19-20H,10-13H2,(H,21,22);1H. The van der Waals surface area contributed by atoms with Crippen LogP contribution < -0.4 is 16.0 Å². The molecule has 1 unspecified atom stereocenters. The first-order chi connectivity index (χ1) is 11.3. The van der Waals surface area contributed by atoms with Crippen LogP contribution in [0.2, 0.25) is 0 Å². The quantitative estimate of drug-likeness (QED) is 0.777. The number of hydrogen-bond acceptors (Lipinski definition) is 4. The van der Waals surface area contributed by atoms with Gasteiger partial charge in [-0.2, -0.15) is 0 Å². The van der Waals surface area contributed by atoms with Crippen LogP contribution in [0.5, 0.6) is 0 Å². The van der Waals surface area contributed by atoms with E-state index in [9.17, 15) is 4.79 Å². The summed E-state index contributed by atoms with van der Waals surface area (Å²) in [6.07, 6.45) is 0.421. The van der Waals surface area contributed by atoms with E-state index in [2.05, 4.69) is 16.0 Å². The molecule has 1 saturated heterocycles. The fraction of sp³-hybridized carbons (Fsp3) is 0.278. The zero-order valence-corrected chi connectivity index (χ0v) is 14.1. The minimum atomic E-state index is -0.00299. The Labute approximate surface area is 148 Å². The molecule has 0 aliphatic carbocycles. The fourth-order valence-corrected chi connectivity index (χ4v) is 2.51. The van der Waals surface area contributed by atoms with Crippen LogP contribution >= 0.6 is 12.4 Å². The van der Waals surface area contributed by atoms with Crippen LogP contribution in [0, 0.1) is 0 Å². The van der Waals surface area contributed by atoms with Gasteiger partial charge in [0.05, 0.1) is 13.2 Å². The van der Waals surface area contributed by atoms with Crippen molar-refractivity contribution in [2.45, 2.75) is 12.5 Å². The van der Waals surface area contributed by atoms with Crippen molar-refractivity contribution < 1.29 is 9.53 Å². The van der Waals surface area contributed by atoms with Gasteiger partial charge in [0, 0.05) is 36.1 Å². The van der Waals surface area contributed by atoms with E-state index in [4.69, 9.17) is 4.74 Å². The van der Waals surface area contributed by atoms with E-state index in [1.54, 1.807) is 0 Å². The maximum atomic E-state index is 12.0. The Morgan fingerprint density at radius 3 is 2.38 bits per heavy atom. The molecule has 3 rings (SSSR count). The lowest BCUT2D eigenvalue weighted by Crippen LogP contribution is -2.43. The molecule has 3 N–H and O–H groups in total. The summed E-state index contributed by atoms with van der Waals surface area (Å²) in [5.74, 6) is -0.00299. The molecule has 0 aromatic heterocycles. The highest BCUT2D eigenvalue weighted by Gasteiger charge is 2.16. The molecule has 2 aromatic carbocycles. The van der Waals surface area contributed by atoms with Gasteiger partial charge in [-0.25, -0.2) is 0 Å². The summed E-state index contributed by atoms with van der Waals surface area (Å²) in [5, 5.41) is 9.51. The Balaban J connectivity index is 0.00000208. The number of carbonyl (C=O) groups excluding carboxylic acids is 1. The number of amides is 1. The molecule has 1 amide bonds. The average Bonchev–Trinajstić information content (AvgIpc) is 2.58. The normalized spacial score (nSPS) is 16.8. The minimum absolute atomic E-state index is 0. The fourth-order valence-electron chi connectivity index (χ4n) is 2.51. The first-order valence-electron chi connectivity index (χ1n) is 7.83. The predicted octanol–water partition coefficient (Wildman–Crippen LogP) is 3.17. The van der Waals surface area contributed by atoms with Crippen LogP contribution in [-0.2, 0) is 9.53 Å². The summed E-state index contributed by atoms with van der Waals surface area (Å²) in [6, 6.07) is 17.8. The summed E-state index contributed by atoms with van der Waals surface area (Å²) in [7, 11) is 0. The predicted molar refractivity (Wildman–Crippen MR) is 99.3 cm³/mol. The van der Waals surface area contributed by atoms with Gasteiger partial charge in [0.2, 0.25) is 5.91 Å². The number of nitrogens with one attached hydrogen (secondary N) is 3. The first kappa shape index (κ1) is 18.3. The van der Waals surface area contributed by atoms with E-state index in [0.717, 1.165) is 23.6 Å². The second-order valence-electron chi connectivity index (χ2n) is 5.55. The Bertz CT molecular complexity index is 628. The average molecular weight is 348 g/mol. The van der Waals surface area contributed by atoms with E-state index < -0.39 is 0 Å². The van der Waals surface area contributed by atoms with Gasteiger partial charge in [0.15, 0.2) is 0 Å². The number of carbonyl (C=O) groups is 1. The zero-order chi connectivity index (χ0) is 15.9. The van der Waals surface area contributed by atoms with Crippen molar-refractivity contribution >= 4 is 35.4 Å². The molecule has 1 heterocycles. The summed E-state index contributed by atoms with van der Waals surface area (Å²) in [6.45, 7) is 2.11.